The Labute approximate surface area is 188 Å². The summed E-state index contributed by atoms with van der Waals surface area (Å²) in [6.45, 7) is 6.27. The van der Waals surface area contributed by atoms with E-state index in [1.807, 2.05) is 4.90 Å². The SMILES string of the molecule is Cc1cccc([C@@H]2CCCC(COC(=O)N3CCN(C4CCCCCC4)CC3)N2C)c1. The molecule has 2 atom stereocenters. The first kappa shape index (κ1) is 22.6. The van der Waals surface area contributed by atoms with E-state index in [0.29, 0.717) is 18.7 Å². The van der Waals surface area contributed by atoms with Crippen LogP contribution in [0.3, 0.4) is 0 Å². The highest BCUT2D eigenvalue weighted by atomic mass is 16.6. The largest absolute Gasteiger partial charge is 0.448 e. The van der Waals surface area contributed by atoms with E-state index in [2.05, 4.69) is 48.0 Å². The fourth-order valence-corrected chi connectivity index (χ4v) is 5.84. The van der Waals surface area contributed by atoms with Gasteiger partial charge in [-0.3, -0.25) is 9.80 Å². The van der Waals surface area contributed by atoms with E-state index in [1.165, 1.54) is 62.5 Å². The number of carbonyl (C=O) groups is 1. The molecule has 1 aliphatic carbocycles. The second kappa shape index (κ2) is 10.8. The number of piperidine rings is 1. The molecule has 0 aromatic heterocycles. The van der Waals surface area contributed by atoms with Crippen LogP contribution < -0.4 is 0 Å². The molecule has 31 heavy (non-hydrogen) atoms. The molecule has 4 rings (SSSR count). The van der Waals surface area contributed by atoms with E-state index in [0.717, 1.165) is 38.6 Å². The van der Waals surface area contributed by atoms with Crippen LogP contribution in [0.1, 0.15) is 75.0 Å². The minimum absolute atomic E-state index is 0.119. The molecule has 172 valence electrons. The number of ether oxygens (including phenoxy) is 1. The van der Waals surface area contributed by atoms with E-state index >= 15 is 0 Å². The Morgan fingerprint density at radius 3 is 2.42 bits per heavy atom. The van der Waals surface area contributed by atoms with Crippen molar-refractivity contribution in [3.63, 3.8) is 0 Å². The third kappa shape index (κ3) is 5.81. The van der Waals surface area contributed by atoms with Crippen LogP contribution in [0.4, 0.5) is 4.79 Å². The predicted octanol–water partition coefficient (Wildman–Crippen LogP) is 5.00. The van der Waals surface area contributed by atoms with Crippen LogP contribution in [0.15, 0.2) is 24.3 Å². The van der Waals surface area contributed by atoms with Gasteiger partial charge in [0.1, 0.15) is 6.61 Å². The number of hydrogen-bond acceptors (Lipinski definition) is 4. The number of likely N-dealkylation sites (N-methyl/N-ethyl adjacent to an activating group) is 1. The average molecular weight is 428 g/mol. The van der Waals surface area contributed by atoms with Crippen LogP contribution in [-0.2, 0) is 4.74 Å². The fraction of sp³-hybridized carbons (Fsp3) is 0.731. The summed E-state index contributed by atoms with van der Waals surface area (Å²) >= 11 is 0. The van der Waals surface area contributed by atoms with Crippen molar-refractivity contribution in [3.8, 4) is 0 Å². The molecule has 5 nitrogen and oxygen atoms in total. The predicted molar refractivity (Wildman–Crippen MR) is 125 cm³/mol. The molecule has 3 fully saturated rings. The Balaban J connectivity index is 1.24. The fourth-order valence-electron chi connectivity index (χ4n) is 5.84. The summed E-state index contributed by atoms with van der Waals surface area (Å²) in [6.07, 6.45) is 11.5. The van der Waals surface area contributed by atoms with Crippen molar-refractivity contribution >= 4 is 6.09 Å². The zero-order valence-electron chi connectivity index (χ0n) is 19.6. The van der Waals surface area contributed by atoms with Gasteiger partial charge in [-0.05, 0) is 51.6 Å². The Hall–Kier alpha value is -1.59. The average Bonchev–Trinajstić information content (AvgIpc) is 3.08. The van der Waals surface area contributed by atoms with Crippen molar-refractivity contribution in [3.05, 3.63) is 35.4 Å². The molecule has 0 N–H and O–H groups in total. The van der Waals surface area contributed by atoms with Crippen molar-refractivity contribution in [2.75, 3.05) is 39.8 Å². The second-order valence-corrected chi connectivity index (χ2v) is 9.93. The van der Waals surface area contributed by atoms with Crippen LogP contribution in [0.2, 0.25) is 0 Å². The molecule has 0 radical (unpaired) electrons. The highest BCUT2D eigenvalue weighted by molar-refractivity contribution is 5.67. The molecule has 2 saturated heterocycles. The molecule has 2 heterocycles. The van der Waals surface area contributed by atoms with Gasteiger partial charge < -0.3 is 9.64 Å². The van der Waals surface area contributed by atoms with E-state index in [1.54, 1.807) is 0 Å². The molecule has 1 unspecified atom stereocenters. The Kier molecular flexibility index (Phi) is 7.89. The lowest BCUT2D eigenvalue weighted by atomic mass is 9.91. The lowest BCUT2D eigenvalue weighted by Gasteiger charge is -2.41. The van der Waals surface area contributed by atoms with Gasteiger partial charge in [-0.1, -0.05) is 55.5 Å². The van der Waals surface area contributed by atoms with Gasteiger partial charge in [0.15, 0.2) is 0 Å². The number of amides is 1. The Morgan fingerprint density at radius 1 is 0.968 bits per heavy atom. The van der Waals surface area contributed by atoms with Gasteiger partial charge in [0, 0.05) is 44.3 Å². The third-order valence-corrected chi connectivity index (χ3v) is 7.82. The molecule has 3 aliphatic rings. The standard InChI is InChI=1S/C26H41N3O2/c1-21-9-7-10-22(19-21)25-14-8-13-24(27(25)2)20-31-26(30)29-17-15-28(16-18-29)23-11-5-3-4-6-12-23/h7,9-10,19,23-25H,3-6,8,11-18,20H2,1-2H3/t24?,25-/m0/s1. The molecule has 1 saturated carbocycles. The summed E-state index contributed by atoms with van der Waals surface area (Å²) in [5, 5.41) is 0. The summed E-state index contributed by atoms with van der Waals surface area (Å²) in [5.74, 6) is 0. The molecule has 5 heteroatoms. The normalized spacial score (nSPS) is 27.1. The van der Waals surface area contributed by atoms with Gasteiger partial charge in [-0.25, -0.2) is 4.79 Å². The lowest BCUT2D eigenvalue weighted by Crippen LogP contribution is -2.52. The number of aryl methyl sites for hydroxylation is 1. The number of benzene rings is 1. The summed E-state index contributed by atoms with van der Waals surface area (Å²) in [4.78, 5) is 19.7. The Morgan fingerprint density at radius 2 is 1.71 bits per heavy atom. The topological polar surface area (TPSA) is 36.0 Å². The van der Waals surface area contributed by atoms with Gasteiger partial charge in [0.05, 0.1) is 0 Å². The van der Waals surface area contributed by atoms with E-state index in [-0.39, 0.29) is 6.09 Å². The number of likely N-dealkylation sites (tertiary alicyclic amines) is 1. The number of rotatable bonds is 4. The van der Waals surface area contributed by atoms with Crippen molar-refractivity contribution in [2.45, 2.75) is 82.8 Å². The molecule has 2 aliphatic heterocycles. The maximum atomic E-state index is 12.7. The van der Waals surface area contributed by atoms with Gasteiger partial charge in [0.25, 0.3) is 0 Å². The lowest BCUT2D eigenvalue weighted by molar-refractivity contribution is 0.0255. The van der Waals surface area contributed by atoms with Gasteiger partial charge in [0.2, 0.25) is 0 Å². The first-order valence-electron chi connectivity index (χ1n) is 12.6. The van der Waals surface area contributed by atoms with Crippen LogP contribution in [0, 0.1) is 6.92 Å². The molecule has 0 spiro atoms. The van der Waals surface area contributed by atoms with Crippen molar-refractivity contribution in [1.29, 1.82) is 0 Å². The molecular weight excluding hydrogens is 386 g/mol. The minimum Gasteiger partial charge on any atom is -0.448 e. The second-order valence-electron chi connectivity index (χ2n) is 9.93. The number of nitrogens with zero attached hydrogens (tertiary/aromatic N) is 3. The first-order valence-corrected chi connectivity index (χ1v) is 12.6. The molecular formula is C26H41N3O2. The highest BCUT2D eigenvalue weighted by Crippen LogP contribution is 2.33. The summed E-state index contributed by atoms with van der Waals surface area (Å²) < 4.78 is 5.83. The van der Waals surface area contributed by atoms with E-state index in [9.17, 15) is 4.79 Å². The maximum absolute atomic E-state index is 12.7. The van der Waals surface area contributed by atoms with Crippen molar-refractivity contribution in [2.24, 2.45) is 0 Å². The first-order chi connectivity index (χ1) is 15.1. The van der Waals surface area contributed by atoms with Crippen molar-refractivity contribution < 1.29 is 9.53 Å². The quantitative estimate of drug-likeness (QED) is 0.634. The van der Waals surface area contributed by atoms with Crippen molar-refractivity contribution in [1.82, 2.24) is 14.7 Å². The maximum Gasteiger partial charge on any atom is 0.409 e. The van der Waals surface area contributed by atoms with E-state index < -0.39 is 0 Å². The monoisotopic (exact) mass is 427 g/mol. The Bertz CT molecular complexity index is 708. The van der Waals surface area contributed by atoms with Gasteiger partial charge in [-0.2, -0.15) is 0 Å². The molecule has 1 amide bonds. The smallest absolute Gasteiger partial charge is 0.409 e. The summed E-state index contributed by atoms with van der Waals surface area (Å²) in [6, 6.07) is 10.3. The summed E-state index contributed by atoms with van der Waals surface area (Å²) in [5.41, 5.74) is 2.69. The van der Waals surface area contributed by atoms with Crippen LogP contribution >= 0.6 is 0 Å². The third-order valence-electron chi connectivity index (χ3n) is 7.82. The van der Waals surface area contributed by atoms with E-state index in [4.69, 9.17) is 4.74 Å². The van der Waals surface area contributed by atoms with Crippen LogP contribution in [0.25, 0.3) is 0 Å². The molecule has 1 aromatic rings. The van der Waals surface area contributed by atoms with Crippen LogP contribution in [0.5, 0.6) is 0 Å². The van der Waals surface area contributed by atoms with Gasteiger partial charge >= 0.3 is 6.09 Å². The molecule has 0 bridgehead atoms. The highest BCUT2D eigenvalue weighted by Gasteiger charge is 2.31. The zero-order valence-corrected chi connectivity index (χ0v) is 19.6. The number of carbonyl (C=O) groups excluding carboxylic acids is 1. The zero-order chi connectivity index (χ0) is 21.6. The van der Waals surface area contributed by atoms with Crippen LogP contribution in [-0.4, -0.2) is 72.7 Å². The molecule has 1 aromatic carbocycles. The summed E-state index contributed by atoms with van der Waals surface area (Å²) in [7, 11) is 2.19. The van der Waals surface area contributed by atoms with Gasteiger partial charge in [-0.15, -0.1) is 0 Å². The number of piperazine rings is 1. The number of hydrogen-bond donors (Lipinski definition) is 0. The minimum atomic E-state index is -0.119.